The van der Waals surface area contributed by atoms with E-state index in [2.05, 4.69) is 34.8 Å². The maximum absolute atomic E-state index is 12.7. The van der Waals surface area contributed by atoms with Gasteiger partial charge in [0.2, 0.25) is 0 Å². The van der Waals surface area contributed by atoms with Crippen molar-refractivity contribution in [2.75, 3.05) is 25.1 Å². The van der Waals surface area contributed by atoms with E-state index in [0.29, 0.717) is 11.6 Å². The van der Waals surface area contributed by atoms with E-state index >= 15 is 0 Å². The number of nitrogens with zero attached hydrogens (tertiary/aromatic N) is 6. The van der Waals surface area contributed by atoms with Crippen molar-refractivity contribution < 1.29 is 9.13 Å². The number of aromatic nitrogens is 6. The van der Waals surface area contributed by atoms with E-state index in [-0.39, 0.29) is 5.82 Å². The van der Waals surface area contributed by atoms with Crippen LogP contribution in [0.15, 0.2) is 49.3 Å². The predicted octanol–water partition coefficient (Wildman–Crippen LogP) is 3.24. The fourth-order valence-electron chi connectivity index (χ4n) is 3.09. The summed E-state index contributed by atoms with van der Waals surface area (Å²) in [7, 11) is 1.55. The number of fused-ring (bicyclic) bond motifs is 1. The number of hydrogen-bond donors (Lipinski definition) is 1. The molecule has 0 saturated carbocycles. The van der Waals surface area contributed by atoms with Crippen LogP contribution < -0.4 is 9.64 Å². The topological polar surface area (TPSA) is 92.7 Å². The van der Waals surface area contributed by atoms with Gasteiger partial charge in [0.25, 0.3) is 0 Å². The third-order valence-electron chi connectivity index (χ3n) is 4.57. The van der Waals surface area contributed by atoms with Crippen LogP contribution in [0.3, 0.4) is 0 Å². The first-order valence-corrected chi connectivity index (χ1v) is 9.25. The lowest BCUT2D eigenvalue weighted by Gasteiger charge is -2.15. The van der Waals surface area contributed by atoms with Gasteiger partial charge in [-0.15, -0.1) is 0 Å². The largest absolute Gasteiger partial charge is 0.494 e. The average Bonchev–Trinajstić information content (AvgIpc) is 3.47. The molecule has 0 amide bonds. The minimum atomic E-state index is -0.271. The van der Waals surface area contributed by atoms with Crippen LogP contribution in [0.5, 0.6) is 5.75 Å². The fourth-order valence-corrected chi connectivity index (χ4v) is 3.09. The molecule has 9 heteroatoms. The van der Waals surface area contributed by atoms with E-state index in [9.17, 15) is 4.39 Å². The Morgan fingerprint density at radius 1 is 0.966 bits per heavy atom. The minimum Gasteiger partial charge on any atom is -0.494 e. The summed E-state index contributed by atoms with van der Waals surface area (Å²) in [4.78, 5) is 26.1. The summed E-state index contributed by atoms with van der Waals surface area (Å²) in [5.74, 6) is 1.87. The summed E-state index contributed by atoms with van der Waals surface area (Å²) in [6.45, 7) is 2.18. The molecule has 0 spiro atoms. The van der Waals surface area contributed by atoms with Crippen molar-refractivity contribution >= 4 is 17.0 Å². The monoisotopic (exact) mass is 393 g/mol. The van der Waals surface area contributed by atoms with Crippen molar-refractivity contribution in [2.45, 2.75) is 12.8 Å². The molecule has 148 valence electrons. The van der Waals surface area contributed by atoms with Crippen molar-refractivity contribution in [1.82, 2.24) is 29.9 Å². The van der Waals surface area contributed by atoms with Gasteiger partial charge < -0.3 is 14.6 Å². The van der Waals surface area contributed by atoms with Crippen LogP contribution in [0.25, 0.3) is 22.6 Å². The van der Waals surface area contributed by atoms with Crippen LogP contribution in [0.1, 0.15) is 12.8 Å². The van der Waals surface area contributed by atoms with Gasteiger partial charge in [-0.2, -0.15) is 0 Å². The normalized spacial score (nSPS) is 13.2. The lowest BCUT2D eigenvalue weighted by Crippen LogP contribution is -2.19. The molecule has 5 rings (SSSR count). The second kappa shape index (κ2) is 8.59. The first-order chi connectivity index (χ1) is 14.2. The zero-order chi connectivity index (χ0) is 20.1. The molecule has 1 saturated heterocycles. The maximum Gasteiger partial charge on any atom is 0.182 e. The van der Waals surface area contributed by atoms with Crippen molar-refractivity contribution in [3.8, 4) is 17.1 Å². The van der Waals surface area contributed by atoms with Gasteiger partial charge in [0.05, 0.1) is 25.8 Å². The highest BCUT2D eigenvalue weighted by atomic mass is 19.1. The summed E-state index contributed by atoms with van der Waals surface area (Å²) < 4.78 is 17.6. The van der Waals surface area contributed by atoms with Gasteiger partial charge in [0.1, 0.15) is 17.7 Å². The number of nitrogens with one attached hydrogen (secondary N) is 1. The van der Waals surface area contributed by atoms with Gasteiger partial charge in [-0.3, -0.25) is 0 Å². The summed E-state index contributed by atoms with van der Waals surface area (Å²) in [5.41, 5.74) is 2.48. The lowest BCUT2D eigenvalue weighted by atomic mass is 10.2. The van der Waals surface area contributed by atoms with Gasteiger partial charge in [-0.1, -0.05) is 0 Å². The van der Waals surface area contributed by atoms with E-state index in [1.165, 1.54) is 25.0 Å². The van der Waals surface area contributed by atoms with Gasteiger partial charge in [0.15, 0.2) is 23.0 Å². The molecule has 1 N–H and O–H groups in total. The first kappa shape index (κ1) is 18.7. The molecule has 1 aliphatic rings. The molecule has 3 aromatic heterocycles. The molecule has 4 aromatic rings. The third kappa shape index (κ3) is 4.29. The number of rotatable bonds is 3. The Morgan fingerprint density at radius 2 is 1.69 bits per heavy atom. The number of H-pyrrole nitrogens is 1. The zero-order valence-corrected chi connectivity index (χ0v) is 15.9. The van der Waals surface area contributed by atoms with Crippen LogP contribution >= 0.6 is 0 Å². The predicted molar refractivity (Wildman–Crippen MR) is 107 cm³/mol. The number of halogens is 1. The van der Waals surface area contributed by atoms with Gasteiger partial charge in [-0.05, 0) is 37.1 Å². The van der Waals surface area contributed by atoms with E-state index in [1.807, 2.05) is 0 Å². The van der Waals surface area contributed by atoms with Crippen LogP contribution in [0.4, 0.5) is 10.2 Å². The summed E-state index contributed by atoms with van der Waals surface area (Å²) in [5, 5.41) is 0. The van der Waals surface area contributed by atoms with Crippen molar-refractivity contribution in [3.63, 3.8) is 0 Å². The molecule has 0 unspecified atom stereocenters. The number of benzene rings is 1. The molecule has 0 aliphatic carbocycles. The highest BCUT2D eigenvalue weighted by Crippen LogP contribution is 2.23. The van der Waals surface area contributed by atoms with Gasteiger partial charge >= 0.3 is 0 Å². The number of anilines is 1. The van der Waals surface area contributed by atoms with Crippen LogP contribution in [0, 0.1) is 5.82 Å². The third-order valence-corrected chi connectivity index (χ3v) is 4.57. The van der Waals surface area contributed by atoms with Crippen molar-refractivity contribution in [1.29, 1.82) is 0 Å². The Kier molecular flexibility index (Phi) is 5.55. The highest BCUT2D eigenvalue weighted by Gasteiger charge is 2.17. The quantitative estimate of drug-likeness (QED) is 0.571. The van der Waals surface area contributed by atoms with E-state index in [1.54, 1.807) is 44.3 Å². The lowest BCUT2D eigenvalue weighted by molar-refractivity contribution is 0.411. The Balaban J connectivity index is 0.000000141. The van der Waals surface area contributed by atoms with E-state index in [0.717, 1.165) is 35.6 Å². The van der Waals surface area contributed by atoms with E-state index < -0.39 is 0 Å². The van der Waals surface area contributed by atoms with Gasteiger partial charge in [0, 0.05) is 18.7 Å². The van der Waals surface area contributed by atoms with Crippen LogP contribution in [-0.2, 0) is 0 Å². The number of imidazole rings is 1. The number of aromatic amines is 1. The maximum atomic E-state index is 12.7. The molecule has 0 bridgehead atoms. The summed E-state index contributed by atoms with van der Waals surface area (Å²) in [6, 6.07) is 6.03. The molecule has 8 nitrogen and oxygen atoms in total. The Bertz CT molecular complexity index is 1060. The van der Waals surface area contributed by atoms with Crippen LogP contribution in [-0.4, -0.2) is 50.1 Å². The van der Waals surface area contributed by atoms with Crippen molar-refractivity contribution in [3.05, 3.63) is 55.1 Å². The molecule has 1 fully saturated rings. The molecule has 1 aliphatic heterocycles. The summed E-state index contributed by atoms with van der Waals surface area (Å²) in [6.07, 6.45) is 8.90. The number of hydrogen-bond acceptors (Lipinski definition) is 7. The Morgan fingerprint density at radius 3 is 2.38 bits per heavy atom. The standard InChI is InChI=1S/C11H9FN2O.C9H11N5/c1-15-10-6-13-11(14-7-10)8-2-4-9(12)5-3-8;1-2-4-14(3-1)9-7-8(11-5-10-7)12-6-13-9/h2-7H,1H3;5-6H,1-4H2,(H,10,11,12,13). The molecular weight excluding hydrogens is 373 g/mol. The summed E-state index contributed by atoms with van der Waals surface area (Å²) >= 11 is 0. The smallest absolute Gasteiger partial charge is 0.182 e. The van der Waals surface area contributed by atoms with E-state index in [4.69, 9.17) is 4.74 Å². The Labute approximate surface area is 166 Å². The molecule has 1 aromatic carbocycles. The number of ether oxygens (including phenoxy) is 1. The SMILES string of the molecule is COc1cnc(-c2ccc(F)cc2)nc1.c1nc(N2CCCC2)c2[nH]cnc2n1. The molecule has 0 atom stereocenters. The molecule has 4 heterocycles. The second-order valence-electron chi connectivity index (χ2n) is 6.45. The first-order valence-electron chi connectivity index (χ1n) is 9.25. The molecule has 29 heavy (non-hydrogen) atoms. The second-order valence-corrected chi connectivity index (χ2v) is 6.45. The minimum absolute atomic E-state index is 0.271. The average molecular weight is 393 g/mol. The van der Waals surface area contributed by atoms with Crippen LogP contribution in [0.2, 0.25) is 0 Å². The fraction of sp³-hybridized carbons (Fsp3) is 0.250. The molecule has 0 radical (unpaired) electrons. The Hall–Kier alpha value is -3.62. The van der Waals surface area contributed by atoms with Gasteiger partial charge in [-0.25, -0.2) is 29.3 Å². The zero-order valence-electron chi connectivity index (χ0n) is 15.9. The highest BCUT2D eigenvalue weighted by molar-refractivity contribution is 5.82. The van der Waals surface area contributed by atoms with Crippen molar-refractivity contribution in [2.24, 2.45) is 0 Å². The molecular formula is C20H20FN7O. The number of methoxy groups -OCH3 is 1.